The van der Waals surface area contributed by atoms with Crippen molar-refractivity contribution in [1.82, 2.24) is 5.43 Å². The van der Waals surface area contributed by atoms with Crippen LogP contribution < -0.4 is 19.6 Å². The molecule has 3 aromatic rings. The number of hydrogen-bond donors (Lipinski definition) is 1. The molecular formula is C23H19ClN2O5. The van der Waals surface area contributed by atoms with Crippen molar-refractivity contribution in [3.05, 3.63) is 88.4 Å². The van der Waals surface area contributed by atoms with Gasteiger partial charge >= 0.3 is 5.97 Å². The van der Waals surface area contributed by atoms with Crippen LogP contribution in [0.5, 0.6) is 17.2 Å². The molecule has 0 unspecified atom stereocenters. The van der Waals surface area contributed by atoms with E-state index in [1.54, 1.807) is 66.7 Å². The van der Waals surface area contributed by atoms with Crippen molar-refractivity contribution in [1.29, 1.82) is 0 Å². The number of hydrazone groups is 1. The summed E-state index contributed by atoms with van der Waals surface area (Å²) < 4.78 is 15.8. The quantitative estimate of drug-likeness (QED) is 0.256. The average Bonchev–Trinajstić information content (AvgIpc) is 2.80. The van der Waals surface area contributed by atoms with Gasteiger partial charge in [-0.05, 0) is 54.1 Å². The zero-order chi connectivity index (χ0) is 22.2. The standard InChI is InChI=1S/C23H19ClN2O5/c1-29-17-7-5-6-16(13-17)22(27)26-25-14-15-10-11-20(21(12-15)30-2)31-23(28)18-8-3-4-9-19(18)24/h3-14H,1-2H3,(H,26,27)/b25-14-. The third kappa shape index (κ3) is 5.61. The second-order valence-corrected chi connectivity index (χ2v) is 6.62. The Balaban J connectivity index is 1.68. The Bertz CT molecular complexity index is 1130. The molecule has 0 fully saturated rings. The maximum absolute atomic E-state index is 12.4. The lowest BCUT2D eigenvalue weighted by atomic mass is 10.2. The summed E-state index contributed by atoms with van der Waals surface area (Å²) >= 11 is 6.04. The molecule has 3 aromatic carbocycles. The fourth-order valence-electron chi connectivity index (χ4n) is 2.62. The number of methoxy groups -OCH3 is 2. The molecule has 0 aliphatic rings. The van der Waals surface area contributed by atoms with Gasteiger partial charge in [0.05, 0.1) is 31.0 Å². The maximum Gasteiger partial charge on any atom is 0.345 e. The summed E-state index contributed by atoms with van der Waals surface area (Å²) in [5.74, 6) is 0.139. The zero-order valence-electron chi connectivity index (χ0n) is 16.8. The first kappa shape index (κ1) is 21.9. The van der Waals surface area contributed by atoms with Crippen LogP contribution in [0.1, 0.15) is 26.3 Å². The van der Waals surface area contributed by atoms with E-state index in [0.717, 1.165) is 0 Å². The first-order chi connectivity index (χ1) is 15.0. The highest BCUT2D eigenvalue weighted by Crippen LogP contribution is 2.29. The van der Waals surface area contributed by atoms with E-state index in [2.05, 4.69) is 10.5 Å². The first-order valence-electron chi connectivity index (χ1n) is 9.14. The maximum atomic E-state index is 12.4. The van der Waals surface area contributed by atoms with Gasteiger partial charge in [0.1, 0.15) is 5.75 Å². The molecule has 0 aliphatic carbocycles. The second-order valence-electron chi connectivity index (χ2n) is 6.21. The molecule has 8 heteroatoms. The molecule has 0 atom stereocenters. The van der Waals surface area contributed by atoms with Gasteiger partial charge in [-0.1, -0.05) is 29.8 Å². The summed E-state index contributed by atoms with van der Waals surface area (Å²) in [6.45, 7) is 0. The van der Waals surface area contributed by atoms with Crippen molar-refractivity contribution >= 4 is 29.7 Å². The van der Waals surface area contributed by atoms with Gasteiger partial charge in [0, 0.05) is 5.56 Å². The third-order valence-electron chi connectivity index (χ3n) is 4.20. The lowest BCUT2D eigenvalue weighted by Crippen LogP contribution is -2.17. The first-order valence-corrected chi connectivity index (χ1v) is 9.52. The van der Waals surface area contributed by atoms with Crippen molar-refractivity contribution in [2.45, 2.75) is 0 Å². The SMILES string of the molecule is COc1cccc(C(=O)N/N=C\c2ccc(OC(=O)c3ccccc3Cl)c(OC)c2)c1. The minimum atomic E-state index is -0.601. The number of nitrogens with zero attached hydrogens (tertiary/aromatic N) is 1. The Kier molecular flexibility index (Phi) is 7.24. The Morgan fingerprint density at radius 1 is 0.935 bits per heavy atom. The molecule has 31 heavy (non-hydrogen) atoms. The smallest absolute Gasteiger partial charge is 0.345 e. The second kappa shape index (κ2) is 10.3. The number of carbonyl (C=O) groups excluding carboxylic acids is 2. The summed E-state index contributed by atoms with van der Waals surface area (Å²) in [6, 6.07) is 18.2. The fraction of sp³-hybridized carbons (Fsp3) is 0.0870. The van der Waals surface area contributed by atoms with Crippen LogP contribution in [0, 0.1) is 0 Å². The minimum Gasteiger partial charge on any atom is -0.497 e. The third-order valence-corrected chi connectivity index (χ3v) is 4.53. The molecule has 0 radical (unpaired) electrons. The van der Waals surface area contributed by atoms with Crippen LogP contribution in [-0.2, 0) is 0 Å². The highest BCUT2D eigenvalue weighted by atomic mass is 35.5. The molecule has 0 bridgehead atoms. The zero-order valence-corrected chi connectivity index (χ0v) is 17.6. The molecular weight excluding hydrogens is 420 g/mol. The normalized spacial score (nSPS) is 10.5. The number of nitrogens with one attached hydrogen (secondary N) is 1. The van der Waals surface area contributed by atoms with Crippen molar-refractivity contribution in [2.24, 2.45) is 5.10 Å². The number of ether oxygens (including phenoxy) is 3. The lowest BCUT2D eigenvalue weighted by Gasteiger charge is -2.10. The van der Waals surface area contributed by atoms with E-state index >= 15 is 0 Å². The van der Waals surface area contributed by atoms with Crippen LogP contribution >= 0.6 is 11.6 Å². The van der Waals surface area contributed by atoms with E-state index in [4.69, 9.17) is 25.8 Å². The van der Waals surface area contributed by atoms with Crippen LogP contribution in [-0.4, -0.2) is 32.3 Å². The molecule has 158 valence electrons. The summed E-state index contributed by atoms with van der Waals surface area (Å²) in [5, 5.41) is 4.25. The van der Waals surface area contributed by atoms with Gasteiger partial charge in [-0.3, -0.25) is 4.79 Å². The van der Waals surface area contributed by atoms with Gasteiger partial charge in [-0.15, -0.1) is 0 Å². The predicted molar refractivity (Wildman–Crippen MR) is 117 cm³/mol. The summed E-state index contributed by atoms with van der Waals surface area (Å²) in [7, 11) is 2.98. The van der Waals surface area contributed by atoms with Crippen molar-refractivity contribution in [2.75, 3.05) is 14.2 Å². The van der Waals surface area contributed by atoms with Gasteiger partial charge in [0.2, 0.25) is 0 Å². The highest BCUT2D eigenvalue weighted by molar-refractivity contribution is 6.33. The van der Waals surface area contributed by atoms with Crippen LogP contribution in [0.4, 0.5) is 0 Å². The molecule has 1 amide bonds. The molecule has 0 aromatic heterocycles. The van der Waals surface area contributed by atoms with E-state index in [-0.39, 0.29) is 17.2 Å². The molecule has 0 spiro atoms. The number of halogens is 1. The van der Waals surface area contributed by atoms with Crippen molar-refractivity contribution in [3.63, 3.8) is 0 Å². The highest BCUT2D eigenvalue weighted by Gasteiger charge is 2.15. The monoisotopic (exact) mass is 438 g/mol. The number of carbonyl (C=O) groups is 2. The van der Waals surface area contributed by atoms with Gasteiger partial charge < -0.3 is 14.2 Å². The largest absolute Gasteiger partial charge is 0.497 e. The lowest BCUT2D eigenvalue weighted by molar-refractivity contribution is 0.0729. The number of rotatable bonds is 7. The van der Waals surface area contributed by atoms with Crippen LogP contribution in [0.15, 0.2) is 71.8 Å². The fourth-order valence-corrected chi connectivity index (χ4v) is 2.84. The molecule has 3 rings (SSSR count). The van der Waals surface area contributed by atoms with Crippen LogP contribution in [0.2, 0.25) is 5.02 Å². The predicted octanol–water partition coefficient (Wildman–Crippen LogP) is 4.34. The summed E-state index contributed by atoms with van der Waals surface area (Å²) in [4.78, 5) is 24.6. The van der Waals surface area contributed by atoms with Crippen LogP contribution in [0.25, 0.3) is 0 Å². The molecule has 0 saturated carbocycles. The van der Waals surface area contributed by atoms with Gasteiger partial charge in [-0.2, -0.15) is 5.10 Å². The van der Waals surface area contributed by atoms with E-state index < -0.39 is 5.97 Å². The molecule has 0 heterocycles. The number of benzene rings is 3. The Morgan fingerprint density at radius 2 is 1.74 bits per heavy atom. The van der Waals surface area contributed by atoms with Gasteiger partial charge in [0.25, 0.3) is 5.91 Å². The Hall–Kier alpha value is -3.84. The number of amides is 1. The number of hydrogen-bond acceptors (Lipinski definition) is 6. The minimum absolute atomic E-state index is 0.227. The molecule has 0 saturated heterocycles. The molecule has 7 nitrogen and oxygen atoms in total. The summed E-state index contributed by atoms with van der Waals surface area (Å²) in [6.07, 6.45) is 1.44. The van der Waals surface area contributed by atoms with Gasteiger partial charge in [0.15, 0.2) is 11.5 Å². The van der Waals surface area contributed by atoms with E-state index in [0.29, 0.717) is 27.6 Å². The van der Waals surface area contributed by atoms with E-state index in [1.807, 2.05) is 0 Å². The van der Waals surface area contributed by atoms with Gasteiger partial charge in [-0.25, -0.2) is 10.2 Å². The Labute approximate surface area is 184 Å². The molecule has 1 N–H and O–H groups in total. The van der Waals surface area contributed by atoms with E-state index in [9.17, 15) is 9.59 Å². The Morgan fingerprint density at radius 3 is 2.48 bits per heavy atom. The molecule has 0 aliphatic heterocycles. The van der Waals surface area contributed by atoms with Crippen LogP contribution in [0.3, 0.4) is 0 Å². The van der Waals surface area contributed by atoms with Crippen molar-refractivity contribution < 1.29 is 23.8 Å². The average molecular weight is 439 g/mol. The number of esters is 1. The summed E-state index contributed by atoms with van der Waals surface area (Å²) in [5.41, 5.74) is 3.73. The van der Waals surface area contributed by atoms with Crippen molar-refractivity contribution in [3.8, 4) is 17.2 Å². The topological polar surface area (TPSA) is 86.2 Å². The van der Waals surface area contributed by atoms with E-state index in [1.165, 1.54) is 20.4 Å².